The molecular weight excluding hydrogens is 264 g/mol. The van der Waals surface area contributed by atoms with E-state index in [2.05, 4.69) is 4.99 Å². The van der Waals surface area contributed by atoms with Gasteiger partial charge in [-0.2, -0.15) is 0 Å². The number of rotatable bonds is 0. The third-order valence-electron chi connectivity index (χ3n) is 3.69. The number of anilines is 2. The molecule has 1 aliphatic rings. The van der Waals surface area contributed by atoms with E-state index in [0.717, 1.165) is 11.4 Å². The lowest BCUT2D eigenvalue weighted by Crippen LogP contribution is -2.17. The Labute approximate surface area is 121 Å². The highest BCUT2D eigenvalue weighted by Crippen LogP contribution is 2.36. The summed E-state index contributed by atoms with van der Waals surface area (Å²) >= 11 is 0. The second-order valence-electron chi connectivity index (χ2n) is 4.95. The van der Waals surface area contributed by atoms with Gasteiger partial charge in [0, 0.05) is 13.3 Å². The minimum Gasteiger partial charge on any atom is -0.439 e. The highest BCUT2D eigenvalue weighted by Gasteiger charge is 2.21. The number of para-hydroxylation sites is 3. The number of aliphatic imine (C=N–C) groups is 1. The van der Waals surface area contributed by atoms with Crippen LogP contribution in [0.1, 0.15) is 5.56 Å². The van der Waals surface area contributed by atoms with Gasteiger partial charge in [-0.1, -0.05) is 24.3 Å². The first kappa shape index (κ1) is 11.9. The molecule has 0 saturated heterocycles. The first-order chi connectivity index (χ1) is 10.3. The van der Waals surface area contributed by atoms with Crippen molar-refractivity contribution in [1.29, 1.82) is 0 Å². The standard InChI is InChI=1S/C17H12N2O2/c1-19-14-8-4-3-7-13(14)18-10-12-16(20)11-6-2-5-9-15(11)21-17(12)19/h2-10H,1H3. The Hall–Kier alpha value is -2.88. The highest BCUT2D eigenvalue weighted by molar-refractivity contribution is 5.97. The van der Waals surface area contributed by atoms with Crippen molar-refractivity contribution in [3.63, 3.8) is 0 Å². The molecule has 0 bridgehead atoms. The zero-order valence-corrected chi connectivity index (χ0v) is 11.4. The van der Waals surface area contributed by atoms with Crippen LogP contribution in [0.2, 0.25) is 0 Å². The Morgan fingerprint density at radius 1 is 1.05 bits per heavy atom. The Balaban J connectivity index is 2.10. The first-order valence-electron chi connectivity index (χ1n) is 6.68. The van der Waals surface area contributed by atoms with Crippen molar-refractivity contribution < 1.29 is 4.42 Å². The summed E-state index contributed by atoms with van der Waals surface area (Å²) in [4.78, 5) is 18.9. The van der Waals surface area contributed by atoms with E-state index in [1.165, 1.54) is 0 Å². The minimum atomic E-state index is -0.0599. The predicted molar refractivity (Wildman–Crippen MR) is 84.2 cm³/mol. The number of fused-ring (bicyclic) bond motifs is 3. The zero-order valence-electron chi connectivity index (χ0n) is 11.4. The molecule has 0 N–H and O–H groups in total. The normalized spacial score (nSPS) is 12.9. The molecule has 102 valence electrons. The van der Waals surface area contributed by atoms with Crippen LogP contribution in [0, 0.1) is 0 Å². The second kappa shape index (κ2) is 4.31. The van der Waals surface area contributed by atoms with E-state index < -0.39 is 0 Å². The van der Waals surface area contributed by atoms with Gasteiger partial charge in [0.1, 0.15) is 11.1 Å². The molecule has 4 nitrogen and oxygen atoms in total. The van der Waals surface area contributed by atoms with Crippen LogP contribution >= 0.6 is 0 Å². The van der Waals surface area contributed by atoms with Crippen molar-refractivity contribution in [2.24, 2.45) is 4.99 Å². The lowest BCUT2D eigenvalue weighted by Gasteiger charge is -2.19. The van der Waals surface area contributed by atoms with Crippen molar-refractivity contribution in [3.8, 4) is 0 Å². The molecule has 0 atom stereocenters. The summed E-state index contributed by atoms with van der Waals surface area (Å²) in [5.41, 5.74) is 2.73. The van der Waals surface area contributed by atoms with Gasteiger partial charge in [-0.25, -0.2) is 0 Å². The third-order valence-corrected chi connectivity index (χ3v) is 3.69. The van der Waals surface area contributed by atoms with E-state index in [1.807, 2.05) is 48.3 Å². The number of hydrogen-bond acceptors (Lipinski definition) is 4. The van der Waals surface area contributed by atoms with Crippen molar-refractivity contribution in [2.75, 3.05) is 11.9 Å². The molecule has 0 aliphatic carbocycles. The summed E-state index contributed by atoms with van der Waals surface area (Å²) < 4.78 is 5.95. The molecule has 0 spiro atoms. The molecule has 0 saturated carbocycles. The van der Waals surface area contributed by atoms with Crippen LogP contribution in [0.15, 0.2) is 62.7 Å². The molecule has 4 heteroatoms. The van der Waals surface area contributed by atoms with Crippen LogP contribution in [0.5, 0.6) is 0 Å². The van der Waals surface area contributed by atoms with Gasteiger partial charge in [0.25, 0.3) is 0 Å². The van der Waals surface area contributed by atoms with Crippen LogP contribution in [-0.4, -0.2) is 13.3 Å². The molecule has 3 aromatic rings. The third kappa shape index (κ3) is 1.69. The summed E-state index contributed by atoms with van der Waals surface area (Å²) in [5.74, 6) is 0.521. The van der Waals surface area contributed by atoms with E-state index in [9.17, 15) is 4.79 Å². The van der Waals surface area contributed by atoms with Crippen LogP contribution in [0.3, 0.4) is 0 Å². The van der Waals surface area contributed by atoms with Gasteiger partial charge in [0.2, 0.25) is 11.3 Å². The predicted octanol–water partition coefficient (Wildman–Crippen LogP) is 3.62. The molecule has 0 unspecified atom stereocenters. The Morgan fingerprint density at radius 2 is 1.81 bits per heavy atom. The monoisotopic (exact) mass is 276 g/mol. The molecule has 0 radical (unpaired) electrons. The molecular formula is C17H12N2O2. The lowest BCUT2D eigenvalue weighted by atomic mass is 10.1. The lowest BCUT2D eigenvalue weighted by molar-refractivity contribution is 0.603. The van der Waals surface area contributed by atoms with Crippen molar-refractivity contribution in [1.82, 2.24) is 0 Å². The molecule has 1 aromatic heterocycles. The maximum absolute atomic E-state index is 12.6. The first-order valence-corrected chi connectivity index (χ1v) is 6.68. The second-order valence-corrected chi connectivity index (χ2v) is 4.95. The smallest absolute Gasteiger partial charge is 0.213 e. The largest absolute Gasteiger partial charge is 0.439 e. The summed E-state index contributed by atoms with van der Waals surface area (Å²) in [6.45, 7) is 0. The van der Waals surface area contributed by atoms with Gasteiger partial charge in [-0.05, 0) is 24.3 Å². The summed E-state index contributed by atoms with van der Waals surface area (Å²) in [7, 11) is 1.88. The van der Waals surface area contributed by atoms with Gasteiger partial charge < -0.3 is 9.32 Å². The van der Waals surface area contributed by atoms with E-state index >= 15 is 0 Å². The van der Waals surface area contributed by atoms with Crippen molar-refractivity contribution >= 4 is 34.4 Å². The van der Waals surface area contributed by atoms with Crippen LogP contribution < -0.4 is 10.3 Å². The van der Waals surface area contributed by atoms with Gasteiger partial charge in [-0.15, -0.1) is 0 Å². The molecule has 1 aliphatic heterocycles. The van der Waals surface area contributed by atoms with Crippen molar-refractivity contribution in [3.05, 3.63) is 64.3 Å². The summed E-state index contributed by atoms with van der Waals surface area (Å²) in [6, 6.07) is 15.0. The van der Waals surface area contributed by atoms with Gasteiger partial charge >= 0.3 is 0 Å². The van der Waals surface area contributed by atoms with Crippen molar-refractivity contribution in [2.45, 2.75) is 0 Å². The van der Waals surface area contributed by atoms with Crippen LogP contribution in [0.25, 0.3) is 11.0 Å². The highest BCUT2D eigenvalue weighted by atomic mass is 16.4. The number of nitrogens with zero attached hydrogens (tertiary/aromatic N) is 2. The Morgan fingerprint density at radius 3 is 2.71 bits per heavy atom. The minimum absolute atomic E-state index is 0.0599. The molecule has 0 amide bonds. The molecule has 2 heterocycles. The topological polar surface area (TPSA) is 45.8 Å². The van der Waals surface area contributed by atoms with E-state index in [0.29, 0.717) is 22.4 Å². The average Bonchev–Trinajstić information content (AvgIpc) is 2.66. The van der Waals surface area contributed by atoms with Gasteiger partial charge in [-0.3, -0.25) is 9.79 Å². The Bertz CT molecular complexity index is 941. The SMILES string of the molecule is CN1c2ccccc2N=Cc2c1oc1ccccc1c2=O. The molecule has 4 rings (SSSR count). The number of hydrogen-bond donors (Lipinski definition) is 0. The molecule has 2 aromatic carbocycles. The quantitative estimate of drug-likeness (QED) is 0.630. The van der Waals surface area contributed by atoms with E-state index in [4.69, 9.17) is 4.42 Å². The fourth-order valence-corrected chi connectivity index (χ4v) is 2.61. The molecule has 0 fully saturated rings. The molecule has 21 heavy (non-hydrogen) atoms. The summed E-state index contributed by atoms with van der Waals surface area (Å²) in [6.07, 6.45) is 1.59. The fraction of sp³-hybridized carbons (Fsp3) is 0.0588. The number of benzene rings is 2. The van der Waals surface area contributed by atoms with E-state index in [-0.39, 0.29) is 5.43 Å². The zero-order chi connectivity index (χ0) is 14.4. The van der Waals surface area contributed by atoms with Gasteiger partial charge in [0.15, 0.2) is 0 Å². The summed E-state index contributed by atoms with van der Waals surface area (Å²) in [5, 5.41) is 0.571. The van der Waals surface area contributed by atoms with Crippen LogP contribution in [0.4, 0.5) is 17.3 Å². The van der Waals surface area contributed by atoms with Gasteiger partial charge in [0.05, 0.1) is 16.8 Å². The van der Waals surface area contributed by atoms with Crippen LogP contribution in [-0.2, 0) is 0 Å². The fourth-order valence-electron chi connectivity index (χ4n) is 2.61. The average molecular weight is 276 g/mol. The maximum atomic E-state index is 12.6. The maximum Gasteiger partial charge on any atom is 0.213 e. The Kier molecular flexibility index (Phi) is 2.44. The van der Waals surface area contributed by atoms with E-state index in [1.54, 1.807) is 18.3 Å².